The molecule has 0 aliphatic heterocycles. The first-order valence-electron chi connectivity index (χ1n) is 13.8. The number of hydrogen-bond donors (Lipinski definition) is 6. The number of aromatic nitrogens is 1. The fourth-order valence-corrected chi connectivity index (χ4v) is 4.26. The van der Waals surface area contributed by atoms with Crippen LogP contribution in [0.15, 0.2) is 66.9 Å². The molecule has 5 amide bonds. The van der Waals surface area contributed by atoms with E-state index in [4.69, 9.17) is 17.2 Å². The van der Waals surface area contributed by atoms with E-state index in [9.17, 15) is 19.2 Å². The minimum Gasteiger partial charge on any atom is -0.340 e. The van der Waals surface area contributed by atoms with Gasteiger partial charge in [0.05, 0.1) is 30.5 Å². The molecule has 1 heterocycles. The number of hydrogen-bond acceptors (Lipinski definition) is 8. The van der Waals surface area contributed by atoms with Crippen molar-refractivity contribution in [1.82, 2.24) is 25.6 Å². The van der Waals surface area contributed by atoms with Crippen LogP contribution < -0.4 is 33.3 Å². The molecule has 1 atom stereocenters. The van der Waals surface area contributed by atoms with Crippen molar-refractivity contribution >= 4 is 40.3 Å². The Morgan fingerprint density at radius 1 is 0.881 bits per heavy atom. The molecule has 1 unspecified atom stereocenters. The number of anilines is 1. The van der Waals surface area contributed by atoms with Crippen molar-refractivity contribution in [3.8, 4) is 0 Å². The van der Waals surface area contributed by atoms with Gasteiger partial charge in [-0.3, -0.25) is 24.8 Å². The quantitative estimate of drug-likeness (QED) is 0.147. The van der Waals surface area contributed by atoms with E-state index in [1.807, 2.05) is 54.6 Å². The summed E-state index contributed by atoms with van der Waals surface area (Å²) < 4.78 is 0. The Kier molecular flexibility index (Phi) is 12.6. The molecule has 3 rings (SSSR count). The monoisotopic (exact) mass is 577 g/mol. The number of para-hydroxylation sites is 1. The second-order valence-corrected chi connectivity index (χ2v) is 9.53. The fourth-order valence-electron chi connectivity index (χ4n) is 4.26. The highest BCUT2D eigenvalue weighted by Gasteiger charge is 2.26. The molecule has 3 aromatic rings. The maximum absolute atomic E-state index is 13.4. The second kappa shape index (κ2) is 16.6. The standard InChI is InChI=1S/C29H39N9O4/c30-13-16-37(17-14-31)27(40)12-15-38(36-26(39)19-32)29(42)35-25(11-10-21-6-2-1-3-7-21)28(41)34-23-18-22-8-4-5-9-24(22)33-20-23/h1-9,18,20,25H,10-17,19,30-32H2,(H,34,41)(H,35,42)(H,36,39). The van der Waals surface area contributed by atoms with Crippen molar-refractivity contribution in [3.05, 3.63) is 72.4 Å². The highest BCUT2D eigenvalue weighted by Crippen LogP contribution is 2.17. The summed E-state index contributed by atoms with van der Waals surface area (Å²) in [5.74, 6) is -1.38. The van der Waals surface area contributed by atoms with Gasteiger partial charge < -0.3 is 32.7 Å². The normalized spacial score (nSPS) is 11.4. The van der Waals surface area contributed by atoms with Crippen LogP contribution in [0, 0.1) is 0 Å². The molecule has 13 heteroatoms. The molecule has 0 fully saturated rings. The zero-order valence-electron chi connectivity index (χ0n) is 23.5. The molecule has 0 saturated heterocycles. The fraction of sp³-hybridized carbons (Fsp3) is 0.345. The van der Waals surface area contributed by atoms with Crippen LogP contribution in [-0.4, -0.2) is 84.0 Å². The van der Waals surface area contributed by atoms with E-state index in [1.54, 1.807) is 12.3 Å². The van der Waals surface area contributed by atoms with Crippen LogP contribution in [0.1, 0.15) is 18.4 Å². The van der Waals surface area contributed by atoms with E-state index < -0.39 is 23.9 Å². The molecular weight excluding hydrogens is 538 g/mol. The van der Waals surface area contributed by atoms with Crippen LogP contribution in [0.2, 0.25) is 0 Å². The zero-order chi connectivity index (χ0) is 30.3. The van der Waals surface area contributed by atoms with E-state index in [0.717, 1.165) is 21.5 Å². The topological polar surface area (TPSA) is 202 Å². The Morgan fingerprint density at radius 2 is 1.57 bits per heavy atom. The van der Waals surface area contributed by atoms with E-state index in [1.165, 1.54) is 4.90 Å². The number of aryl methyl sites for hydroxylation is 1. The Hall–Kier alpha value is -4.59. The molecule has 0 radical (unpaired) electrons. The largest absolute Gasteiger partial charge is 0.340 e. The van der Waals surface area contributed by atoms with Gasteiger partial charge in [0.1, 0.15) is 6.04 Å². The Morgan fingerprint density at radius 3 is 2.26 bits per heavy atom. The number of hydrazine groups is 1. The van der Waals surface area contributed by atoms with Crippen molar-refractivity contribution in [2.75, 3.05) is 44.6 Å². The van der Waals surface area contributed by atoms with Crippen LogP contribution >= 0.6 is 0 Å². The van der Waals surface area contributed by atoms with Gasteiger partial charge in [0.2, 0.25) is 11.8 Å². The van der Waals surface area contributed by atoms with Gasteiger partial charge in [-0.1, -0.05) is 48.5 Å². The number of nitrogens with one attached hydrogen (secondary N) is 3. The van der Waals surface area contributed by atoms with Crippen LogP contribution in [0.4, 0.5) is 10.5 Å². The Labute approximate surface area is 244 Å². The Balaban J connectivity index is 1.76. The molecular formula is C29H39N9O4. The van der Waals surface area contributed by atoms with Gasteiger partial charge in [-0.15, -0.1) is 0 Å². The van der Waals surface area contributed by atoms with Crippen molar-refractivity contribution in [3.63, 3.8) is 0 Å². The average Bonchev–Trinajstić information content (AvgIpc) is 3.01. The molecule has 0 aliphatic rings. The minimum atomic E-state index is -0.983. The number of benzene rings is 2. The van der Waals surface area contributed by atoms with Crippen molar-refractivity contribution < 1.29 is 19.2 Å². The molecule has 2 aromatic carbocycles. The number of urea groups is 1. The highest BCUT2D eigenvalue weighted by atomic mass is 16.2. The second-order valence-electron chi connectivity index (χ2n) is 9.53. The maximum atomic E-state index is 13.4. The summed E-state index contributed by atoms with van der Waals surface area (Å²) in [6.07, 6.45) is 2.20. The number of carbonyl (C=O) groups is 4. The van der Waals surface area contributed by atoms with Crippen LogP contribution in [0.25, 0.3) is 10.9 Å². The lowest BCUT2D eigenvalue weighted by Crippen LogP contribution is -2.56. The Bertz CT molecular complexity index is 1330. The van der Waals surface area contributed by atoms with E-state index in [2.05, 4.69) is 21.0 Å². The van der Waals surface area contributed by atoms with Gasteiger partial charge in [0.15, 0.2) is 0 Å². The predicted octanol–water partition coefficient (Wildman–Crippen LogP) is 0.312. The number of amides is 5. The van der Waals surface area contributed by atoms with Crippen molar-refractivity contribution in [2.45, 2.75) is 25.3 Å². The van der Waals surface area contributed by atoms with Crippen molar-refractivity contribution in [1.29, 1.82) is 0 Å². The lowest BCUT2D eigenvalue weighted by atomic mass is 10.0. The molecule has 0 bridgehead atoms. The predicted molar refractivity (Wildman–Crippen MR) is 161 cm³/mol. The van der Waals surface area contributed by atoms with E-state index in [0.29, 0.717) is 25.2 Å². The first kappa shape index (κ1) is 31.9. The summed E-state index contributed by atoms with van der Waals surface area (Å²) in [7, 11) is 0. The summed E-state index contributed by atoms with van der Waals surface area (Å²) in [5, 5.41) is 7.35. The zero-order valence-corrected chi connectivity index (χ0v) is 23.5. The molecule has 13 nitrogen and oxygen atoms in total. The number of rotatable bonds is 14. The van der Waals surface area contributed by atoms with Gasteiger partial charge in [-0.25, -0.2) is 9.80 Å². The average molecular weight is 578 g/mol. The van der Waals surface area contributed by atoms with Gasteiger partial charge >= 0.3 is 6.03 Å². The first-order chi connectivity index (χ1) is 20.3. The first-order valence-corrected chi connectivity index (χ1v) is 13.8. The van der Waals surface area contributed by atoms with Gasteiger partial charge in [-0.2, -0.15) is 0 Å². The lowest BCUT2D eigenvalue weighted by Gasteiger charge is -2.28. The van der Waals surface area contributed by atoms with Crippen molar-refractivity contribution in [2.24, 2.45) is 17.2 Å². The molecule has 0 saturated carbocycles. The molecule has 0 aliphatic carbocycles. The molecule has 224 valence electrons. The van der Waals surface area contributed by atoms with Gasteiger partial charge in [-0.05, 0) is 30.5 Å². The molecule has 0 spiro atoms. The van der Waals surface area contributed by atoms with Gasteiger partial charge in [0, 0.05) is 38.0 Å². The van der Waals surface area contributed by atoms with E-state index in [-0.39, 0.29) is 44.9 Å². The molecule has 42 heavy (non-hydrogen) atoms. The highest BCUT2D eigenvalue weighted by molar-refractivity contribution is 5.98. The van der Waals surface area contributed by atoms with Crippen LogP contribution in [0.3, 0.4) is 0 Å². The van der Waals surface area contributed by atoms with Crippen LogP contribution in [0.5, 0.6) is 0 Å². The third kappa shape index (κ3) is 9.80. The number of carbonyl (C=O) groups excluding carboxylic acids is 4. The third-order valence-corrected chi connectivity index (χ3v) is 6.43. The number of nitrogens with two attached hydrogens (primary N) is 3. The summed E-state index contributed by atoms with van der Waals surface area (Å²) in [6, 6.07) is 17.1. The summed E-state index contributed by atoms with van der Waals surface area (Å²) in [6.45, 7) is 0.585. The summed E-state index contributed by atoms with van der Waals surface area (Å²) >= 11 is 0. The third-order valence-electron chi connectivity index (χ3n) is 6.43. The van der Waals surface area contributed by atoms with Gasteiger partial charge in [0.25, 0.3) is 5.91 Å². The SMILES string of the molecule is NCCN(CCN)C(=O)CCN(NC(=O)CN)C(=O)NC(CCc1ccccc1)C(=O)Nc1cnc2ccccc2c1. The lowest BCUT2D eigenvalue weighted by molar-refractivity contribution is -0.132. The maximum Gasteiger partial charge on any atom is 0.336 e. The number of fused-ring (bicyclic) bond motifs is 1. The summed E-state index contributed by atoms with van der Waals surface area (Å²) in [5.41, 5.74) is 21.3. The molecule has 1 aromatic heterocycles. The summed E-state index contributed by atoms with van der Waals surface area (Å²) in [4.78, 5) is 57.6. The molecule has 9 N–H and O–H groups in total. The smallest absolute Gasteiger partial charge is 0.336 e. The van der Waals surface area contributed by atoms with Crippen LogP contribution in [-0.2, 0) is 20.8 Å². The minimum absolute atomic E-state index is 0.109. The number of nitrogens with zero attached hydrogens (tertiary/aromatic N) is 3. The van der Waals surface area contributed by atoms with E-state index >= 15 is 0 Å². The number of pyridine rings is 1.